The third kappa shape index (κ3) is 5.18. The minimum atomic E-state index is -3.00. The molecular formula is C9H19NO4S2. The van der Waals surface area contributed by atoms with Crippen LogP contribution < -0.4 is 5.73 Å². The van der Waals surface area contributed by atoms with Crippen LogP contribution >= 0.6 is 11.8 Å². The first kappa shape index (κ1) is 15.7. The number of carboxylic acids is 1. The van der Waals surface area contributed by atoms with Crippen LogP contribution in [0.15, 0.2) is 0 Å². The number of hydrogen-bond donors (Lipinski definition) is 2. The van der Waals surface area contributed by atoms with Gasteiger partial charge in [0, 0.05) is 16.3 Å². The number of sulfone groups is 1. The lowest BCUT2D eigenvalue weighted by atomic mass is 10.1. The summed E-state index contributed by atoms with van der Waals surface area (Å²) in [7, 11) is -3.00. The van der Waals surface area contributed by atoms with Crippen molar-refractivity contribution >= 4 is 27.6 Å². The lowest BCUT2D eigenvalue weighted by Gasteiger charge is -2.27. The maximum Gasteiger partial charge on any atom is 0.321 e. The minimum Gasteiger partial charge on any atom is -0.480 e. The van der Waals surface area contributed by atoms with E-state index in [0.717, 1.165) is 0 Å². The standard InChI is InChI=1S/C9H19NO4S2/c1-4-16(13,14)6-5-15-9(2,3)7(10)8(11)12/h7H,4-6,10H2,1-3H3,(H,11,12)/t7-/m0/s1. The van der Waals surface area contributed by atoms with E-state index in [2.05, 4.69) is 0 Å². The van der Waals surface area contributed by atoms with Crippen molar-refractivity contribution < 1.29 is 18.3 Å². The van der Waals surface area contributed by atoms with Gasteiger partial charge in [0.25, 0.3) is 0 Å². The Labute approximate surface area is 101 Å². The predicted molar refractivity (Wildman–Crippen MR) is 66.5 cm³/mol. The van der Waals surface area contributed by atoms with Crippen LogP contribution in [0.25, 0.3) is 0 Å². The van der Waals surface area contributed by atoms with Crippen molar-refractivity contribution in [1.82, 2.24) is 0 Å². The molecule has 0 radical (unpaired) electrons. The molecule has 0 aromatic carbocycles. The zero-order valence-corrected chi connectivity index (χ0v) is 11.4. The summed E-state index contributed by atoms with van der Waals surface area (Å²) in [5, 5.41) is 8.77. The molecule has 0 aliphatic rings. The molecule has 0 spiro atoms. The number of nitrogens with two attached hydrogens (primary N) is 1. The molecule has 0 fully saturated rings. The monoisotopic (exact) mass is 269 g/mol. The SMILES string of the molecule is CCS(=O)(=O)CCSC(C)(C)[C@@H](N)C(=O)O. The molecule has 0 unspecified atom stereocenters. The van der Waals surface area contributed by atoms with Crippen molar-refractivity contribution in [1.29, 1.82) is 0 Å². The van der Waals surface area contributed by atoms with Gasteiger partial charge in [-0.2, -0.15) is 11.8 Å². The second-order valence-electron chi connectivity index (χ2n) is 4.00. The molecule has 0 amide bonds. The molecule has 96 valence electrons. The van der Waals surface area contributed by atoms with Gasteiger partial charge in [-0.15, -0.1) is 0 Å². The van der Waals surface area contributed by atoms with E-state index in [1.54, 1.807) is 20.8 Å². The molecule has 1 atom stereocenters. The van der Waals surface area contributed by atoms with Crippen LogP contribution in [-0.4, -0.2) is 47.5 Å². The Bertz CT molecular complexity index is 337. The molecule has 7 heteroatoms. The molecule has 0 aromatic heterocycles. The van der Waals surface area contributed by atoms with E-state index in [-0.39, 0.29) is 11.5 Å². The molecule has 0 bridgehead atoms. The Balaban J connectivity index is 4.25. The Kier molecular flexibility index (Phi) is 5.78. The number of thioether (sulfide) groups is 1. The molecule has 3 N–H and O–H groups in total. The molecular weight excluding hydrogens is 250 g/mol. The molecule has 0 saturated heterocycles. The quantitative estimate of drug-likeness (QED) is 0.692. The fourth-order valence-electron chi connectivity index (χ4n) is 0.963. The number of aliphatic carboxylic acids is 1. The van der Waals surface area contributed by atoms with Crippen LogP contribution in [0, 0.1) is 0 Å². The van der Waals surface area contributed by atoms with Gasteiger partial charge in [0.05, 0.1) is 5.75 Å². The summed E-state index contributed by atoms with van der Waals surface area (Å²) in [6, 6.07) is -0.998. The van der Waals surface area contributed by atoms with Crippen molar-refractivity contribution in [2.45, 2.75) is 31.6 Å². The highest BCUT2D eigenvalue weighted by Gasteiger charge is 2.32. The Morgan fingerprint density at radius 3 is 2.38 bits per heavy atom. The van der Waals surface area contributed by atoms with E-state index in [0.29, 0.717) is 5.75 Å². The molecule has 0 saturated carbocycles. The second-order valence-corrected chi connectivity index (χ2v) is 8.23. The smallest absolute Gasteiger partial charge is 0.321 e. The van der Waals surface area contributed by atoms with Crippen LogP contribution in [0.5, 0.6) is 0 Å². The summed E-state index contributed by atoms with van der Waals surface area (Å²) in [6.07, 6.45) is 0. The molecule has 0 rings (SSSR count). The Hall–Kier alpha value is -0.270. The van der Waals surface area contributed by atoms with Gasteiger partial charge in [-0.05, 0) is 13.8 Å². The van der Waals surface area contributed by atoms with Gasteiger partial charge >= 0.3 is 5.97 Å². The molecule has 5 nitrogen and oxygen atoms in total. The zero-order valence-electron chi connectivity index (χ0n) is 9.76. The average Bonchev–Trinajstić information content (AvgIpc) is 2.15. The zero-order chi connectivity index (χ0) is 13.0. The average molecular weight is 269 g/mol. The third-order valence-electron chi connectivity index (χ3n) is 2.32. The van der Waals surface area contributed by atoms with Gasteiger partial charge in [-0.25, -0.2) is 8.42 Å². The predicted octanol–water partition coefficient (Wildman–Crippen LogP) is 0.345. The highest BCUT2D eigenvalue weighted by molar-refractivity contribution is 8.01. The summed E-state index contributed by atoms with van der Waals surface area (Å²) in [5.41, 5.74) is 5.51. The first-order valence-electron chi connectivity index (χ1n) is 4.95. The van der Waals surface area contributed by atoms with Gasteiger partial charge in [-0.1, -0.05) is 6.92 Å². The number of carboxylic acid groups (broad SMARTS) is 1. The van der Waals surface area contributed by atoms with Gasteiger partial charge in [0.1, 0.15) is 6.04 Å². The molecule has 0 aliphatic carbocycles. The first-order chi connectivity index (χ1) is 7.12. The number of hydrogen-bond acceptors (Lipinski definition) is 5. The van der Waals surface area contributed by atoms with Crippen LogP contribution in [-0.2, 0) is 14.6 Å². The van der Waals surface area contributed by atoms with Crippen molar-refractivity contribution in [3.8, 4) is 0 Å². The number of carbonyl (C=O) groups is 1. The van der Waals surface area contributed by atoms with Gasteiger partial charge in [0.15, 0.2) is 9.84 Å². The van der Waals surface area contributed by atoms with Gasteiger partial charge < -0.3 is 10.8 Å². The lowest BCUT2D eigenvalue weighted by molar-refractivity contribution is -0.139. The minimum absolute atomic E-state index is 0.0595. The highest BCUT2D eigenvalue weighted by atomic mass is 32.2. The van der Waals surface area contributed by atoms with E-state index in [1.165, 1.54) is 11.8 Å². The van der Waals surface area contributed by atoms with Crippen LogP contribution in [0.3, 0.4) is 0 Å². The van der Waals surface area contributed by atoms with Gasteiger partial charge in [-0.3, -0.25) is 4.79 Å². The second kappa shape index (κ2) is 5.88. The molecule has 0 aromatic rings. The Morgan fingerprint density at radius 1 is 1.50 bits per heavy atom. The topological polar surface area (TPSA) is 97.5 Å². The van der Waals surface area contributed by atoms with E-state index in [9.17, 15) is 13.2 Å². The van der Waals surface area contributed by atoms with Crippen molar-refractivity contribution in [3.63, 3.8) is 0 Å². The van der Waals surface area contributed by atoms with E-state index >= 15 is 0 Å². The van der Waals surface area contributed by atoms with Crippen LogP contribution in [0.4, 0.5) is 0 Å². The summed E-state index contributed by atoms with van der Waals surface area (Å²) >= 11 is 1.27. The third-order valence-corrected chi connectivity index (χ3v) is 5.69. The number of rotatable bonds is 7. The summed E-state index contributed by atoms with van der Waals surface area (Å²) < 4.78 is 21.8. The molecule has 0 heterocycles. The fourth-order valence-corrected chi connectivity index (χ4v) is 3.41. The van der Waals surface area contributed by atoms with Crippen LogP contribution in [0.2, 0.25) is 0 Å². The van der Waals surface area contributed by atoms with Crippen LogP contribution in [0.1, 0.15) is 20.8 Å². The van der Waals surface area contributed by atoms with E-state index < -0.39 is 26.6 Å². The summed E-state index contributed by atoms with van der Waals surface area (Å²) in [4.78, 5) is 10.7. The molecule has 0 aliphatic heterocycles. The van der Waals surface area contributed by atoms with E-state index in [4.69, 9.17) is 10.8 Å². The Morgan fingerprint density at radius 2 is 2.00 bits per heavy atom. The van der Waals surface area contributed by atoms with Gasteiger partial charge in [0.2, 0.25) is 0 Å². The van der Waals surface area contributed by atoms with Crippen molar-refractivity contribution in [3.05, 3.63) is 0 Å². The fraction of sp³-hybridized carbons (Fsp3) is 0.889. The highest BCUT2D eigenvalue weighted by Crippen LogP contribution is 2.27. The molecule has 16 heavy (non-hydrogen) atoms. The maximum absolute atomic E-state index is 11.2. The normalized spacial score (nSPS) is 14.8. The maximum atomic E-state index is 11.2. The summed E-state index contributed by atoms with van der Waals surface area (Å²) in [5.74, 6) is -0.539. The largest absolute Gasteiger partial charge is 0.480 e. The lowest BCUT2D eigenvalue weighted by Crippen LogP contribution is -2.47. The van der Waals surface area contributed by atoms with Crippen molar-refractivity contribution in [2.24, 2.45) is 5.73 Å². The first-order valence-corrected chi connectivity index (χ1v) is 7.76. The van der Waals surface area contributed by atoms with Crippen molar-refractivity contribution in [2.75, 3.05) is 17.3 Å². The van der Waals surface area contributed by atoms with E-state index in [1.807, 2.05) is 0 Å². The summed E-state index contributed by atoms with van der Waals surface area (Å²) in [6.45, 7) is 5.00.